The molecular formula is C11H9NO4. The minimum atomic E-state index is -0.414. The second-order valence-electron chi connectivity index (χ2n) is 3.65. The van der Waals surface area contributed by atoms with E-state index in [0.29, 0.717) is 35.8 Å². The fourth-order valence-corrected chi connectivity index (χ4v) is 1.88. The van der Waals surface area contributed by atoms with Crippen molar-refractivity contribution in [1.82, 2.24) is 5.32 Å². The van der Waals surface area contributed by atoms with Crippen LogP contribution in [0.25, 0.3) is 0 Å². The van der Waals surface area contributed by atoms with Crippen molar-refractivity contribution in [3.05, 3.63) is 23.3 Å². The average Bonchev–Trinajstić information content (AvgIpc) is 2.49. The lowest BCUT2D eigenvalue weighted by molar-refractivity contribution is 0.0878. The maximum atomic E-state index is 11.6. The Balaban J connectivity index is 2.22. The van der Waals surface area contributed by atoms with E-state index in [1.807, 2.05) is 0 Å². The van der Waals surface area contributed by atoms with Crippen molar-refractivity contribution in [3.8, 4) is 11.5 Å². The number of carbonyl (C=O) groups is 2. The van der Waals surface area contributed by atoms with Crippen molar-refractivity contribution < 1.29 is 19.1 Å². The zero-order valence-corrected chi connectivity index (χ0v) is 8.41. The van der Waals surface area contributed by atoms with Crippen LogP contribution >= 0.6 is 0 Å². The molecule has 2 aliphatic heterocycles. The molecule has 0 aromatic heterocycles. The minimum absolute atomic E-state index is 0.296. The fourth-order valence-electron chi connectivity index (χ4n) is 1.88. The van der Waals surface area contributed by atoms with Gasteiger partial charge in [-0.2, -0.15) is 0 Å². The molecule has 0 bridgehead atoms. The van der Waals surface area contributed by atoms with Gasteiger partial charge in [-0.3, -0.25) is 14.9 Å². The molecule has 0 unspecified atom stereocenters. The average molecular weight is 219 g/mol. The summed E-state index contributed by atoms with van der Waals surface area (Å²) in [4.78, 5) is 23.0. The highest BCUT2D eigenvalue weighted by Gasteiger charge is 2.33. The molecule has 0 spiro atoms. The van der Waals surface area contributed by atoms with E-state index in [1.165, 1.54) is 0 Å². The van der Waals surface area contributed by atoms with Crippen LogP contribution in [0.3, 0.4) is 0 Å². The van der Waals surface area contributed by atoms with E-state index in [9.17, 15) is 9.59 Å². The molecule has 3 rings (SSSR count). The van der Waals surface area contributed by atoms with Gasteiger partial charge in [0, 0.05) is 6.42 Å². The molecule has 0 fully saturated rings. The zero-order valence-electron chi connectivity index (χ0n) is 8.41. The summed E-state index contributed by atoms with van der Waals surface area (Å²) in [6, 6.07) is 3.25. The van der Waals surface area contributed by atoms with E-state index < -0.39 is 5.91 Å². The molecule has 16 heavy (non-hydrogen) atoms. The first-order valence-corrected chi connectivity index (χ1v) is 5.05. The van der Waals surface area contributed by atoms with Crippen molar-refractivity contribution in [3.63, 3.8) is 0 Å². The quantitative estimate of drug-likeness (QED) is 0.653. The summed E-state index contributed by atoms with van der Waals surface area (Å²) in [5, 5.41) is 2.24. The number of hydrogen-bond acceptors (Lipinski definition) is 4. The van der Waals surface area contributed by atoms with Crippen molar-refractivity contribution >= 4 is 11.8 Å². The largest absolute Gasteiger partial charge is 0.490 e. The Morgan fingerprint density at radius 3 is 2.75 bits per heavy atom. The lowest BCUT2D eigenvalue weighted by Gasteiger charge is -2.09. The van der Waals surface area contributed by atoms with Gasteiger partial charge in [0.05, 0.1) is 24.3 Å². The molecule has 2 aliphatic rings. The second-order valence-corrected chi connectivity index (χ2v) is 3.65. The Hall–Kier alpha value is -2.04. The standard InChI is InChI=1S/C11H9NO4/c13-10-6-2-3-7-9(8(6)11(14)12-10)16-5-1-4-15-7/h2-3H,1,4-5H2,(H,12,13,14). The first-order chi connectivity index (χ1) is 7.77. The molecule has 5 nitrogen and oxygen atoms in total. The van der Waals surface area contributed by atoms with E-state index in [2.05, 4.69) is 5.32 Å². The van der Waals surface area contributed by atoms with Gasteiger partial charge in [0.2, 0.25) is 0 Å². The molecule has 5 heteroatoms. The van der Waals surface area contributed by atoms with Gasteiger partial charge in [0.1, 0.15) is 0 Å². The summed E-state index contributed by atoms with van der Waals surface area (Å²) >= 11 is 0. The lowest BCUT2D eigenvalue weighted by atomic mass is 10.1. The highest BCUT2D eigenvalue weighted by Crippen LogP contribution is 2.37. The van der Waals surface area contributed by atoms with Crippen LogP contribution in [-0.2, 0) is 0 Å². The summed E-state index contributed by atoms with van der Waals surface area (Å²) < 4.78 is 10.9. The molecule has 0 aliphatic carbocycles. The summed E-state index contributed by atoms with van der Waals surface area (Å²) in [6.07, 6.45) is 0.763. The molecule has 0 saturated heterocycles. The topological polar surface area (TPSA) is 64.6 Å². The molecule has 2 heterocycles. The molecule has 0 atom stereocenters. The van der Waals surface area contributed by atoms with Crippen LogP contribution in [0.2, 0.25) is 0 Å². The highest BCUT2D eigenvalue weighted by molar-refractivity contribution is 6.23. The normalized spacial score (nSPS) is 17.8. The predicted octanol–water partition coefficient (Wildman–Crippen LogP) is 0.732. The summed E-state index contributed by atoms with van der Waals surface area (Å²) in [6.45, 7) is 1.05. The third-order valence-electron chi connectivity index (χ3n) is 2.61. The van der Waals surface area contributed by atoms with E-state index in [0.717, 1.165) is 6.42 Å². The van der Waals surface area contributed by atoms with Gasteiger partial charge < -0.3 is 9.47 Å². The zero-order chi connectivity index (χ0) is 11.1. The third kappa shape index (κ3) is 1.18. The second kappa shape index (κ2) is 3.23. The van der Waals surface area contributed by atoms with Crippen LogP contribution in [0.15, 0.2) is 12.1 Å². The minimum Gasteiger partial charge on any atom is -0.490 e. The molecule has 1 N–H and O–H groups in total. The van der Waals surface area contributed by atoms with E-state index >= 15 is 0 Å². The number of carbonyl (C=O) groups excluding carboxylic acids is 2. The van der Waals surface area contributed by atoms with Gasteiger partial charge >= 0.3 is 0 Å². The molecule has 0 radical (unpaired) electrons. The van der Waals surface area contributed by atoms with Gasteiger partial charge in [-0.15, -0.1) is 0 Å². The maximum absolute atomic E-state index is 11.6. The Morgan fingerprint density at radius 2 is 1.88 bits per heavy atom. The number of nitrogens with one attached hydrogen (secondary N) is 1. The van der Waals surface area contributed by atoms with Crippen molar-refractivity contribution in [2.75, 3.05) is 13.2 Å². The summed E-state index contributed by atoms with van der Waals surface area (Å²) in [5.74, 6) is 0.123. The predicted molar refractivity (Wildman–Crippen MR) is 53.8 cm³/mol. The Morgan fingerprint density at radius 1 is 1.06 bits per heavy atom. The highest BCUT2D eigenvalue weighted by atomic mass is 16.5. The molecular weight excluding hydrogens is 210 g/mol. The van der Waals surface area contributed by atoms with Crippen LogP contribution in [0.4, 0.5) is 0 Å². The monoisotopic (exact) mass is 219 g/mol. The first-order valence-electron chi connectivity index (χ1n) is 5.05. The van der Waals surface area contributed by atoms with Crippen molar-refractivity contribution in [2.24, 2.45) is 0 Å². The van der Waals surface area contributed by atoms with Gasteiger partial charge in [0.25, 0.3) is 11.8 Å². The van der Waals surface area contributed by atoms with Gasteiger partial charge in [-0.1, -0.05) is 0 Å². The van der Waals surface area contributed by atoms with Crippen LogP contribution < -0.4 is 14.8 Å². The number of hydrogen-bond donors (Lipinski definition) is 1. The van der Waals surface area contributed by atoms with E-state index in [-0.39, 0.29) is 5.91 Å². The number of amides is 2. The van der Waals surface area contributed by atoms with Crippen molar-refractivity contribution in [2.45, 2.75) is 6.42 Å². The van der Waals surface area contributed by atoms with Crippen LogP contribution in [0.5, 0.6) is 11.5 Å². The van der Waals surface area contributed by atoms with Gasteiger partial charge in [-0.25, -0.2) is 0 Å². The van der Waals surface area contributed by atoms with Crippen LogP contribution in [0.1, 0.15) is 27.1 Å². The fraction of sp³-hybridized carbons (Fsp3) is 0.273. The van der Waals surface area contributed by atoms with E-state index in [4.69, 9.17) is 9.47 Å². The molecule has 82 valence electrons. The number of imide groups is 1. The number of benzene rings is 1. The number of ether oxygens (including phenoxy) is 2. The summed E-state index contributed by atoms with van der Waals surface area (Å²) in [5.41, 5.74) is 0.652. The summed E-state index contributed by atoms with van der Waals surface area (Å²) in [7, 11) is 0. The number of fused-ring (bicyclic) bond motifs is 3. The Labute approximate surface area is 91.3 Å². The SMILES string of the molecule is O=C1NC(=O)c2c1ccc1c2OCCCO1. The molecule has 0 saturated carbocycles. The van der Waals surface area contributed by atoms with Gasteiger partial charge in [-0.05, 0) is 12.1 Å². The molecule has 1 aromatic carbocycles. The maximum Gasteiger partial charge on any atom is 0.262 e. The van der Waals surface area contributed by atoms with Crippen LogP contribution in [0, 0.1) is 0 Å². The smallest absolute Gasteiger partial charge is 0.262 e. The Kier molecular flexibility index (Phi) is 1.86. The lowest BCUT2D eigenvalue weighted by Crippen LogP contribution is -2.20. The van der Waals surface area contributed by atoms with Crippen molar-refractivity contribution in [1.29, 1.82) is 0 Å². The molecule has 1 aromatic rings. The van der Waals surface area contributed by atoms with Crippen LogP contribution in [-0.4, -0.2) is 25.0 Å². The third-order valence-corrected chi connectivity index (χ3v) is 2.61. The van der Waals surface area contributed by atoms with Gasteiger partial charge in [0.15, 0.2) is 11.5 Å². The Bertz CT molecular complexity index is 495. The molecule has 2 amide bonds. The number of rotatable bonds is 0. The first kappa shape index (κ1) is 9.21. The van der Waals surface area contributed by atoms with E-state index in [1.54, 1.807) is 12.1 Å².